The number of hydrogen-bond donors (Lipinski definition) is 5. The van der Waals surface area contributed by atoms with E-state index >= 15 is 0 Å². The van der Waals surface area contributed by atoms with Gasteiger partial charge in [-0.15, -0.1) is 0 Å². The molecule has 0 bridgehead atoms. The quantitative estimate of drug-likeness (QED) is 0.392. The smallest absolute Gasteiger partial charge is 0.186 e. The van der Waals surface area contributed by atoms with Crippen LogP contribution in [0.15, 0.2) is 0 Å². The van der Waals surface area contributed by atoms with Gasteiger partial charge in [0.15, 0.2) is 6.29 Å². The average molecular weight is 482 g/mol. The van der Waals surface area contributed by atoms with Crippen molar-refractivity contribution in [3.8, 4) is 0 Å². The second-order valence-corrected chi connectivity index (χ2v) is 13.1. The lowest BCUT2D eigenvalue weighted by Gasteiger charge is -2.64. The highest BCUT2D eigenvalue weighted by Gasteiger charge is 2.66. The maximum absolute atomic E-state index is 10.5. The van der Waals surface area contributed by atoms with Gasteiger partial charge in [-0.25, -0.2) is 0 Å². The second-order valence-electron chi connectivity index (χ2n) is 13.1. The molecule has 0 spiro atoms. The van der Waals surface area contributed by atoms with Crippen molar-refractivity contribution in [2.75, 3.05) is 0 Å². The minimum atomic E-state index is -1.26. The molecule has 6 N–H and O–H groups in total. The van der Waals surface area contributed by atoms with E-state index in [0.29, 0.717) is 23.7 Å². The Hall–Kier alpha value is -0.280. The van der Waals surface area contributed by atoms with Crippen LogP contribution in [-0.2, 0) is 9.47 Å². The van der Waals surface area contributed by atoms with E-state index in [1.165, 1.54) is 6.42 Å². The molecule has 5 fully saturated rings. The number of aliphatic hydroxyl groups excluding tert-OH is 4. The van der Waals surface area contributed by atoms with Gasteiger partial charge in [-0.05, 0) is 106 Å². The number of nitrogens with two attached hydrogens (primary N) is 1. The first-order valence-corrected chi connectivity index (χ1v) is 13.7. The van der Waals surface area contributed by atoms with Crippen LogP contribution >= 0.6 is 0 Å². The minimum Gasteiger partial charge on any atom is -0.393 e. The molecular formula is C27H47NO6. The first-order chi connectivity index (χ1) is 15.9. The van der Waals surface area contributed by atoms with Crippen LogP contribution in [0.4, 0.5) is 0 Å². The van der Waals surface area contributed by atoms with Crippen LogP contribution < -0.4 is 5.73 Å². The summed E-state index contributed by atoms with van der Waals surface area (Å²) < 4.78 is 11.9. The third kappa shape index (κ3) is 3.56. The molecule has 34 heavy (non-hydrogen) atoms. The van der Waals surface area contributed by atoms with Gasteiger partial charge < -0.3 is 35.6 Å². The molecule has 14 atom stereocenters. The fourth-order valence-corrected chi connectivity index (χ4v) is 9.54. The molecule has 7 nitrogen and oxygen atoms in total. The van der Waals surface area contributed by atoms with Crippen LogP contribution in [0.5, 0.6) is 0 Å². The zero-order chi connectivity index (χ0) is 24.6. The van der Waals surface area contributed by atoms with Gasteiger partial charge in [-0.3, -0.25) is 0 Å². The van der Waals surface area contributed by atoms with Gasteiger partial charge in [0.1, 0.15) is 18.3 Å². The Morgan fingerprint density at radius 1 is 0.912 bits per heavy atom. The first kappa shape index (κ1) is 25.4. The molecule has 1 unspecified atom stereocenters. The molecule has 7 heteroatoms. The van der Waals surface area contributed by atoms with Crippen molar-refractivity contribution >= 4 is 0 Å². The summed E-state index contributed by atoms with van der Waals surface area (Å²) in [6, 6.07) is 0. The van der Waals surface area contributed by atoms with Crippen molar-refractivity contribution < 1.29 is 29.9 Å². The molecular weight excluding hydrogens is 434 g/mol. The molecule has 196 valence electrons. The monoisotopic (exact) mass is 481 g/mol. The lowest BCUT2D eigenvalue weighted by molar-refractivity contribution is -0.309. The van der Waals surface area contributed by atoms with Crippen LogP contribution in [0, 0.1) is 34.5 Å². The number of fused-ring (bicyclic) bond motifs is 5. The summed E-state index contributed by atoms with van der Waals surface area (Å²) in [7, 11) is 0. The Kier molecular flexibility index (Phi) is 6.45. The Bertz CT molecular complexity index is 765. The van der Waals surface area contributed by atoms with Gasteiger partial charge in [-0.1, -0.05) is 13.8 Å². The van der Waals surface area contributed by atoms with E-state index in [9.17, 15) is 20.4 Å². The molecule has 1 saturated heterocycles. The normalized spacial score (nSPS) is 58.5. The Balaban J connectivity index is 1.29. The van der Waals surface area contributed by atoms with E-state index in [-0.39, 0.29) is 28.6 Å². The van der Waals surface area contributed by atoms with Crippen LogP contribution in [0.25, 0.3) is 0 Å². The molecule has 1 heterocycles. The maximum Gasteiger partial charge on any atom is 0.186 e. The molecule has 0 amide bonds. The van der Waals surface area contributed by atoms with E-state index in [4.69, 9.17) is 15.2 Å². The fraction of sp³-hybridized carbons (Fsp3) is 1.00. The number of rotatable bonds is 3. The molecule has 0 aromatic rings. The van der Waals surface area contributed by atoms with Crippen molar-refractivity contribution in [2.45, 2.75) is 134 Å². The van der Waals surface area contributed by atoms with Crippen LogP contribution in [0.3, 0.4) is 0 Å². The highest BCUT2D eigenvalue weighted by molar-refractivity contribution is 5.19. The predicted molar refractivity (Wildman–Crippen MR) is 128 cm³/mol. The van der Waals surface area contributed by atoms with Gasteiger partial charge in [0.2, 0.25) is 0 Å². The van der Waals surface area contributed by atoms with E-state index in [0.717, 1.165) is 51.4 Å². The number of aliphatic hydroxyl groups is 4. The first-order valence-electron chi connectivity index (χ1n) is 13.7. The third-order valence-corrected chi connectivity index (χ3v) is 11.7. The molecule has 5 aliphatic rings. The van der Waals surface area contributed by atoms with Crippen LogP contribution in [0.2, 0.25) is 0 Å². The third-order valence-electron chi connectivity index (χ3n) is 11.7. The molecule has 0 aromatic carbocycles. The Morgan fingerprint density at radius 3 is 2.35 bits per heavy atom. The van der Waals surface area contributed by atoms with Crippen molar-refractivity contribution in [3.63, 3.8) is 0 Å². The van der Waals surface area contributed by atoms with E-state index in [1.54, 1.807) is 6.92 Å². The van der Waals surface area contributed by atoms with E-state index < -0.39 is 30.7 Å². The van der Waals surface area contributed by atoms with Gasteiger partial charge in [0.25, 0.3) is 0 Å². The molecule has 4 aliphatic carbocycles. The summed E-state index contributed by atoms with van der Waals surface area (Å²) in [5, 5.41) is 41.0. The molecule has 0 radical (unpaired) electrons. The van der Waals surface area contributed by atoms with Crippen molar-refractivity contribution in [3.05, 3.63) is 0 Å². The molecule has 0 aromatic heterocycles. The lowest BCUT2D eigenvalue weighted by Crippen LogP contribution is -2.67. The minimum absolute atomic E-state index is 0.0163. The standard InChI is InChI=1S/C27H47NO6/c1-14(29)18-9-12-27(28)20-6-5-16-13-17(34-24-23(32)22(31)21(30)15(2)33-24)7-10-25(16,3)19(20)8-11-26(18,27)4/h14-24,29-32H,5-13,28H2,1-4H3/t14-,15-,16?,17-,18+,19-,20+,21-,22+,23+,24-,25-,26+,27-/m0/s1. The summed E-state index contributed by atoms with van der Waals surface area (Å²) >= 11 is 0. The zero-order valence-corrected chi connectivity index (χ0v) is 21.4. The maximum atomic E-state index is 10.5. The van der Waals surface area contributed by atoms with Gasteiger partial charge in [-0.2, -0.15) is 0 Å². The summed E-state index contributed by atoms with van der Waals surface area (Å²) in [5.74, 6) is 1.95. The predicted octanol–water partition coefficient (Wildman–Crippen LogP) is 2.32. The summed E-state index contributed by atoms with van der Waals surface area (Å²) in [5.41, 5.74) is 7.40. The summed E-state index contributed by atoms with van der Waals surface area (Å²) in [6.45, 7) is 8.47. The zero-order valence-electron chi connectivity index (χ0n) is 21.4. The molecule has 4 saturated carbocycles. The van der Waals surface area contributed by atoms with Crippen molar-refractivity contribution in [2.24, 2.45) is 40.2 Å². The van der Waals surface area contributed by atoms with E-state index in [1.807, 2.05) is 6.92 Å². The second kappa shape index (κ2) is 8.64. The Labute approximate surface area is 204 Å². The van der Waals surface area contributed by atoms with Crippen LogP contribution in [-0.4, -0.2) is 68.9 Å². The van der Waals surface area contributed by atoms with Crippen molar-refractivity contribution in [1.29, 1.82) is 0 Å². The summed E-state index contributed by atoms with van der Waals surface area (Å²) in [6.07, 6.45) is 4.12. The largest absolute Gasteiger partial charge is 0.393 e. The topological polar surface area (TPSA) is 125 Å². The number of hydrogen-bond acceptors (Lipinski definition) is 7. The molecule has 1 aliphatic heterocycles. The SMILES string of the molecule is C[C@H](O)[C@H]1CC[C@]2(N)[C@@H]3CCC4C[C@@H](O[C@@H]5O[C@@H](C)[C@H](O)[C@@H](O)[C@H]5O)CC[C@]4(C)[C@H]3CC[C@]12C. The van der Waals surface area contributed by atoms with Gasteiger partial charge >= 0.3 is 0 Å². The lowest BCUT2D eigenvalue weighted by atomic mass is 9.42. The van der Waals surface area contributed by atoms with Crippen molar-refractivity contribution in [1.82, 2.24) is 0 Å². The number of ether oxygens (including phenoxy) is 2. The van der Waals surface area contributed by atoms with Crippen LogP contribution in [0.1, 0.15) is 85.5 Å². The highest BCUT2D eigenvalue weighted by Crippen LogP contribution is 2.68. The van der Waals surface area contributed by atoms with Gasteiger partial charge in [0.05, 0.1) is 18.3 Å². The fourth-order valence-electron chi connectivity index (χ4n) is 9.54. The molecule has 5 rings (SSSR count). The summed E-state index contributed by atoms with van der Waals surface area (Å²) in [4.78, 5) is 0. The highest BCUT2D eigenvalue weighted by atomic mass is 16.7. The van der Waals surface area contributed by atoms with Gasteiger partial charge in [0, 0.05) is 5.54 Å². The Morgan fingerprint density at radius 2 is 1.65 bits per heavy atom. The van der Waals surface area contributed by atoms with E-state index in [2.05, 4.69) is 13.8 Å². The average Bonchev–Trinajstić information content (AvgIpc) is 3.07.